The Bertz CT molecular complexity index is 949. The zero-order valence-corrected chi connectivity index (χ0v) is 14.3. The van der Waals surface area contributed by atoms with Crippen LogP contribution in [0, 0.1) is 3.57 Å². The number of amides is 1. The first-order valence-electron chi connectivity index (χ1n) is 6.76. The van der Waals surface area contributed by atoms with Gasteiger partial charge in [0.2, 0.25) is 0 Å². The number of para-hydroxylation sites is 1. The van der Waals surface area contributed by atoms with Crippen LogP contribution in [0.25, 0.3) is 11.0 Å². The van der Waals surface area contributed by atoms with E-state index in [0.717, 1.165) is 3.57 Å². The van der Waals surface area contributed by atoms with Gasteiger partial charge in [-0.1, -0.05) is 12.1 Å². The highest BCUT2D eigenvalue weighted by Gasteiger charge is 2.15. The van der Waals surface area contributed by atoms with Gasteiger partial charge < -0.3 is 14.5 Å². The summed E-state index contributed by atoms with van der Waals surface area (Å²) in [6.07, 6.45) is 0. The number of halogens is 1. The molecule has 1 aromatic heterocycles. The maximum absolute atomic E-state index is 12.4. The minimum atomic E-state index is -0.675. The molecule has 0 radical (unpaired) electrons. The molecule has 1 amide bonds. The fourth-order valence-corrected chi connectivity index (χ4v) is 2.66. The molecule has 0 bridgehead atoms. The lowest BCUT2D eigenvalue weighted by Crippen LogP contribution is -2.21. The Morgan fingerprint density at radius 2 is 1.96 bits per heavy atom. The summed E-state index contributed by atoms with van der Waals surface area (Å²) in [7, 11) is 1.55. The third-order valence-electron chi connectivity index (χ3n) is 3.31. The lowest BCUT2D eigenvalue weighted by Gasteiger charge is -2.07. The molecule has 0 atom stereocenters. The number of nitrogens with one attached hydrogen (secondary N) is 1. The summed E-state index contributed by atoms with van der Waals surface area (Å²) in [5.74, 6) is 0.114. The second kappa shape index (κ2) is 6.41. The van der Waals surface area contributed by atoms with E-state index in [9.17, 15) is 9.59 Å². The number of carbonyl (C=O) groups excluding carboxylic acids is 1. The summed E-state index contributed by atoms with van der Waals surface area (Å²) in [4.78, 5) is 24.4. The first-order valence-corrected chi connectivity index (χ1v) is 7.84. The third kappa shape index (κ3) is 3.21. The van der Waals surface area contributed by atoms with Gasteiger partial charge in [-0.2, -0.15) is 0 Å². The monoisotopic (exact) mass is 421 g/mol. The van der Waals surface area contributed by atoms with E-state index in [0.29, 0.717) is 22.4 Å². The zero-order chi connectivity index (χ0) is 16.4. The molecule has 5 nitrogen and oxygen atoms in total. The second-order valence-corrected chi connectivity index (χ2v) is 5.95. The van der Waals surface area contributed by atoms with Crippen molar-refractivity contribution < 1.29 is 13.9 Å². The van der Waals surface area contributed by atoms with Gasteiger partial charge in [-0.15, -0.1) is 0 Å². The highest BCUT2D eigenvalue weighted by Crippen LogP contribution is 2.21. The molecule has 116 valence electrons. The molecular weight excluding hydrogens is 409 g/mol. The molecule has 0 fully saturated rings. The van der Waals surface area contributed by atoms with Crippen molar-refractivity contribution in [3.05, 3.63) is 68.1 Å². The van der Waals surface area contributed by atoms with E-state index >= 15 is 0 Å². The molecule has 2 aromatic carbocycles. The van der Waals surface area contributed by atoms with Crippen LogP contribution in [-0.2, 0) is 0 Å². The number of fused-ring (bicyclic) bond motifs is 1. The second-order valence-electron chi connectivity index (χ2n) is 4.79. The Kier molecular flexibility index (Phi) is 4.33. The molecule has 6 heteroatoms. The SMILES string of the molecule is COc1ccc2oc(=O)c(C(=O)Nc3ccccc3I)cc2c1. The van der Waals surface area contributed by atoms with Crippen molar-refractivity contribution in [3.8, 4) is 5.75 Å². The van der Waals surface area contributed by atoms with E-state index in [1.54, 1.807) is 31.4 Å². The predicted octanol–water partition coefficient (Wildman–Crippen LogP) is 3.66. The van der Waals surface area contributed by atoms with Gasteiger partial charge in [-0.05, 0) is 59.0 Å². The Morgan fingerprint density at radius 1 is 1.17 bits per heavy atom. The van der Waals surface area contributed by atoms with Crippen LogP contribution < -0.4 is 15.7 Å². The van der Waals surface area contributed by atoms with Gasteiger partial charge in [0.15, 0.2) is 0 Å². The predicted molar refractivity (Wildman–Crippen MR) is 96.1 cm³/mol. The van der Waals surface area contributed by atoms with Crippen molar-refractivity contribution in [1.82, 2.24) is 0 Å². The zero-order valence-electron chi connectivity index (χ0n) is 12.1. The van der Waals surface area contributed by atoms with Gasteiger partial charge in [-0.25, -0.2) is 4.79 Å². The third-order valence-corrected chi connectivity index (χ3v) is 4.25. The van der Waals surface area contributed by atoms with Gasteiger partial charge >= 0.3 is 5.63 Å². The molecule has 0 unspecified atom stereocenters. The van der Waals surface area contributed by atoms with Crippen molar-refractivity contribution in [3.63, 3.8) is 0 Å². The van der Waals surface area contributed by atoms with Crippen molar-refractivity contribution >= 4 is 45.2 Å². The average molecular weight is 421 g/mol. The molecule has 0 aliphatic heterocycles. The summed E-state index contributed by atoms with van der Waals surface area (Å²) in [6.45, 7) is 0. The molecule has 0 saturated carbocycles. The summed E-state index contributed by atoms with van der Waals surface area (Å²) in [5.41, 5.74) is 0.321. The molecular formula is C17H12INO4. The molecule has 1 N–H and O–H groups in total. The largest absolute Gasteiger partial charge is 0.497 e. The van der Waals surface area contributed by atoms with E-state index in [2.05, 4.69) is 27.9 Å². The van der Waals surface area contributed by atoms with E-state index in [4.69, 9.17) is 9.15 Å². The van der Waals surface area contributed by atoms with Crippen molar-refractivity contribution in [1.29, 1.82) is 0 Å². The Morgan fingerprint density at radius 3 is 2.70 bits per heavy atom. The number of carbonyl (C=O) groups is 1. The average Bonchev–Trinajstić information content (AvgIpc) is 2.55. The van der Waals surface area contributed by atoms with Gasteiger partial charge in [-0.3, -0.25) is 4.79 Å². The van der Waals surface area contributed by atoms with Gasteiger partial charge in [0, 0.05) is 8.96 Å². The highest BCUT2D eigenvalue weighted by molar-refractivity contribution is 14.1. The summed E-state index contributed by atoms with van der Waals surface area (Å²) < 4.78 is 11.2. The fourth-order valence-electron chi connectivity index (χ4n) is 2.14. The minimum absolute atomic E-state index is 0.0505. The van der Waals surface area contributed by atoms with E-state index in [1.807, 2.05) is 18.2 Å². The van der Waals surface area contributed by atoms with Gasteiger partial charge in [0.1, 0.15) is 16.9 Å². The fraction of sp³-hybridized carbons (Fsp3) is 0.0588. The van der Waals surface area contributed by atoms with Crippen LogP contribution in [0.5, 0.6) is 5.75 Å². The number of benzene rings is 2. The topological polar surface area (TPSA) is 68.5 Å². The first-order chi connectivity index (χ1) is 11.1. The van der Waals surface area contributed by atoms with Crippen LogP contribution in [-0.4, -0.2) is 13.0 Å². The van der Waals surface area contributed by atoms with Crippen molar-refractivity contribution in [2.45, 2.75) is 0 Å². The van der Waals surface area contributed by atoms with Crippen LogP contribution in [0.15, 0.2) is 57.7 Å². The highest BCUT2D eigenvalue weighted by atomic mass is 127. The summed E-state index contributed by atoms with van der Waals surface area (Å²) in [5, 5.41) is 3.35. The van der Waals surface area contributed by atoms with Crippen LogP contribution in [0.1, 0.15) is 10.4 Å². The molecule has 0 aliphatic rings. The van der Waals surface area contributed by atoms with Crippen molar-refractivity contribution in [2.24, 2.45) is 0 Å². The van der Waals surface area contributed by atoms with E-state index in [-0.39, 0.29) is 5.56 Å². The van der Waals surface area contributed by atoms with Crippen molar-refractivity contribution in [2.75, 3.05) is 12.4 Å². The molecule has 0 spiro atoms. The van der Waals surface area contributed by atoms with Gasteiger partial charge in [0.25, 0.3) is 5.91 Å². The van der Waals surface area contributed by atoms with E-state index < -0.39 is 11.5 Å². The maximum Gasteiger partial charge on any atom is 0.349 e. The lowest BCUT2D eigenvalue weighted by atomic mass is 10.1. The van der Waals surface area contributed by atoms with Crippen LogP contribution in [0.2, 0.25) is 0 Å². The van der Waals surface area contributed by atoms with Gasteiger partial charge in [0.05, 0.1) is 12.8 Å². The van der Waals surface area contributed by atoms with Crippen LogP contribution in [0.4, 0.5) is 5.69 Å². The molecule has 0 aliphatic carbocycles. The summed E-state index contributed by atoms with van der Waals surface area (Å²) >= 11 is 2.11. The number of methoxy groups -OCH3 is 1. The lowest BCUT2D eigenvalue weighted by molar-refractivity contribution is 0.102. The number of hydrogen-bond donors (Lipinski definition) is 1. The number of anilines is 1. The molecule has 23 heavy (non-hydrogen) atoms. The Labute approximate surface area is 145 Å². The number of hydrogen-bond acceptors (Lipinski definition) is 4. The minimum Gasteiger partial charge on any atom is -0.497 e. The molecule has 0 saturated heterocycles. The van der Waals surface area contributed by atoms with E-state index in [1.165, 1.54) is 6.07 Å². The normalized spacial score (nSPS) is 10.5. The van der Waals surface area contributed by atoms with Crippen LogP contribution in [0.3, 0.4) is 0 Å². The molecule has 1 heterocycles. The number of ether oxygens (including phenoxy) is 1. The maximum atomic E-state index is 12.4. The van der Waals surface area contributed by atoms with Crippen LogP contribution >= 0.6 is 22.6 Å². The Balaban J connectivity index is 2.01. The first kappa shape index (κ1) is 15.5. The quantitative estimate of drug-likeness (QED) is 0.518. The molecule has 3 rings (SSSR count). The molecule has 3 aromatic rings. The standard InChI is InChI=1S/C17H12INO4/c1-22-11-6-7-15-10(8-11)9-12(17(21)23-15)16(20)19-14-5-3-2-4-13(14)18/h2-9H,1H3,(H,19,20). The number of rotatable bonds is 3. The summed E-state index contributed by atoms with van der Waals surface area (Å²) in [6, 6.07) is 13.9. The Hall–Kier alpha value is -2.35. The smallest absolute Gasteiger partial charge is 0.349 e.